The minimum absolute atomic E-state index is 0.829. The minimum Gasteiger partial charge on any atom is -0.0851 e. The number of allylic oxidation sites excluding steroid dienone is 2. The van der Waals surface area contributed by atoms with Gasteiger partial charge in [0.25, 0.3) is 0 Å². The number of fused-ring (bicyclic) bond motifs is 2. The van der Waals surface area contributed by atoms with Crippen molar-refractivity contribution in [3.63, 3.8) is 0 Å². The van der Waals surface area contributed by atoms with Crippen molar-refractivity contribution < 1.29 is 0 Å². The van der Waals surface area contributed by atoms with Gasteiger partial charge in [-0.15, -0.1) is 0 Å². The molecule has 11 heavy (non-hydrogen) atoms. The zero-order valence-corrected chi connectivity index (χ0v) is 8.80. The maximum Gasteiger partial charge on any atom is 0.0479 e. The van der Waals surface area contributed by atoms with Crippen LogP contribution in [0.1, 0.15) is 12.8 Å². The van der Waals surface area contributed by atoms with Gasteiger partial charge in [-0.25, -0.2) is 0 Å². The predicted octanol–water partition coefficient (Wildman–Crippen LogP) is 3.29. The number of hydrogen-bond donors (Lipinski definition) is 0. The second-order valence-electron chi connectivity index (χ2n) is 5.25. The first-order valence-electron chi connectivity index (χ1n) is 4.76. The van der Waals surface area contributed by atoms with Gasteiger partial charge in [0.1, 0.15) is 0 Å². The van der Waals surface area contributed by atoms with Crippen LogP contribution in [0.3, 0.4) is 0 Å². The fraction of sp³-hybridized carbons (Fsp3) is 0.800. The summed E-state index contributed by atoms with van der Waals surface area (Å²) in [6, 6.07) is 0. The lowest BCUT2D eigenvalue weighted by Crippen LogP contribution is -2.30. The Bertz CT molecular complexity index is 188. The summed E-state index contributed by atoms with van der Waals surface area (Å²) >= 11 is 0. The Labute approximate surface area is 70.7 Å². The van der Waals surface area contributed by atoms with Crippen molar-refractivity contribution in [2.24, 2.45) is 11.8 Å². The van der Waals surface area contributed by atoms with E-state index in [1.807, 2.05) is 0 Å². The van der Waals surface area contributed by atoms with Gasteiger partial charge in [0.05, 0.1) is 0 Å². The van der Waals surface area contributed by atoms with Crippen LogP contribution in [-0.2, 0) is 0 Å². The molecule has 0 amide bonds. The Morgan fingerprint density at radius 2 is 1.82 bits per heavy atom. The zero-order valence-electron chi connectivity index (χ0n) is 7.80. The molecule has 0 nitrogen and oxygen atoms in total. The number of hydrogen-bond acceptors (Lipinski definition) is 0. The van der Waals surface area contributed by atoms with Gasteiger partial charge < -0.3 is 0 Å². The van der Waals surface area contributed by atoms with Crippen molar-refractivity contribution in [2.75, 3.05) is 0 Å². The molecular weight excluding hydrogens is 148 g/mol. The van der Waals surface area contributed by atoms with Gasteiger partial charge in [-0.2, -0.15) is 0 Å². The standard InChI is InChI=1S/C10H18Si/c1-11(2,3)10-7-8-4-5-9(10)6-8/h4-5,8-10H,6-7H2,1-3H3/t8-,9+,10-/m1/s1. The lowest BCUT2D eigenvalue weighted by molar-refractivity contribution is 0.675. The Balaban J connectivity index is 2.15. The van der Waals surface area contributed by atoms with Crippen LogP contribution in [0, 0.1) is 11.8 Å². The number of rotatable bonds is 1. The van der Waals surface area contributed by atoms with E-state index in [9.17, 15) is 0 Å². The zero-order chi connectivity index (χ0) is 8.06. The van der Waals surface area contributed by atoms with Crippen LogP contribution in [0.25, 0.3) is 0 Å². The van der Waals surface area contributed by atoms with Crippen LogP contribution < -0.4 is 0 Å². The highest BCUT2D eigenvalue weighted by molar-refractivity contribution is 6.77. The monoisotopic (exact) mass is 166 g/mol. The molecule has 3 atom stereocenters. The highest BCUT2D eigenvalue weighted by Crippen LogP contribution is 2.51. The summed E-state index contributed by atoms with van der Waals surface area (Å²) in [5.41, 5.74) is 1.09. The molecule has 0 saturated heterocycles. The summed E-state index contributed by atoms with van der Waals surface area (Å²) in [7, 11) is -0.829. The molecule has 0 aliphatic heterocycles. The largest absolute Gasteiger partial charge is 0.0851 e. The SMILES string of the molecule is C[Si](C)(C)[C@@H]1C[C@@H]2C=C[C@H]1C2. The minimum atomic E-state index is -0.829. The maximum atomic E-state index is 2.52. The highest BCUT2D eigenvalue weighted by atomic mass is 28.3. The molecule has 0 radical (unpaired) electrons. The first-order chi connectivity index (χ1) is 5.07. The summed E-state index contributed by atoms with van der Waals surface area (Å²) in [4.78, 5) is 0. The van der Waals surface area contributed by atoms with E-state index in [0.29, 0.717) is 0 Å². The molecule has 2 bridgehead atoms. The van der Waals surface area contributed by atoms with E-state index in [0.717, 1.165) is 17.4 Å². The Morgan fingerprint density at radius 1 is 1.09 bits per heavy atom. The van der Waals surface area contributed by atoms with Crippen LogP contribution in [0.15, 0.2) is 12.2 Å². The first-order valence-corrected chi connectivity index (χ1v) is 8.33. The van der Waals surface area contributed by atoms with Gasteiger partial charge in [-0.1, -0.05) is 31.8 Å². The molecule has 2 aliphatic rings. The van der Waals surface area contributed by atoms with Gasteiger partial charge in [0.2, 0.25) is 0 Å². The van der Waals surface area contributed by atoms with E-state index in [2.05, 4.69) is 31.8 Å². The highest BCUT2D eigenvalue weighted by Gasteiger charge is 2.42. The van der Waals surface area contributed by atoms with Gasteiger partial charge in [0, 0.05) is 8.07 Å². The summed E-state index contributed by atoms with van der Waals surface area (Å²) in [5.74, 6) is 1.95. The van der Waals surface area contributed by atoms with E-state index in [4.69, 9.17) is 0 Å². The maximum absolute atomic E-state index is 2.52. The topological polar surface area (TPSA) is 0 Å². The van der Waals surface area contributed by atoms with Crippen molar-refractivity contribution in [3.8, 4) is 0 Å². The fourth-order valence-corrected chi connectivity index (χ4v) is 5.32. The van der Waals surface area contributed by atoms with E-state index >= 15 is 0 Å². The summed E-state index contributed by atoms with van der Waals surface area (Å²) in [5, 5.41) is 0. The third-order valence-electron chi connectivity index (χ3n) is 3.39. The normalized spacial score (nSPS) is 41.9. The molecule has 2 rings (SSSR count). The molecular formula is C10H18Si. The van der Waals surface area contributed by atoms with Crippen molar-refractivity contribution >= 4 is 8.07 Å². The van der Waals surface area contributed by atoms with Crippen LogP contribution >= 0.6 is 0 Å². The molecule has 62 valence electrons. The average Bonchev–Trinajstić information content (AvgIpc) is 2.42. The second kappa shape index (κ2) is 2.22. The third kappa shape index (κ3) is 1.20. The third-order valence-corrected chi connectivity index (χ3v) is 6.28. The van der Waals surface area contributed by atoms with Crippen LogP contribution in [0.4, 0.5) is 0 Å². The summed E-state index contributed by atoms with van der Waals surface area (Å²) < 4.78 is 0. The van der Waals surface area contributed by atoms with E-state index in [1.54, 1.807) is 0 Å². The van der Waals surface area contributed by atoms with E-state index in [-0.39, 0.29) is 0 Å². The molecule has 0 aromatic carbocycles. The molecule has 0 aromatic rings. The fourth-order valence-electron chi connectivity index (χ4n) is 2.78. The van der Waals surface area contributed by atoms with Crippen molar-refractivity contribution in [2.45, 2.75) is 38.0 Å². The van der Waals surface area contributed by atoms with Gasteiger partial charge >= 0.3 is 0 Å². The molecule has 0 spiro atoms. The molecule has 2 aliphatic carbocycles. The molecule has 1 saturated carbocycles. The van der Waals surface area contributed by atoms with Crippen molar-refractivity contribution in [3.05, 3.63) is 12.2 Å². The molecule has 0 aromatic heterocycles. The first kappa shape index (κ1) is 7.60. The molecule has 1 fully saturated rings. The quantitative estimate of drug-likeness (QED) is 0.414. The van der Waals surface area contributed by atoms with Crippen LogP contribution in [0.5, 0.6) is 0 Å². The summed E-state index contributed by atoms with van der Waals surface area (Å²) in [6.45, 7) is 7.56. The van der Waals surface area contributed by atoms with Crippen LogP contribution in [-0.4, -0.2) is 8.07 Å². The summed E-state index contributed by atoms with van der Waals surface area (Å²) in [6.07, 6.45) is 7.92. The lowest BCUT2D eigenvalue weighted by atomic mass is 10.1. The molecule has 0 heterocycles. The van der Waals surface area contributed by atoms with Crippen molar-refractivity contribution in [1.82, 2.24) is 0 Å². The van der Waals surface area contributed by atoms with Crippen molar-refractivity contribution in [1.29, 1.82) is 0 Å². The average molecular weight is 166 g/mol. The van der Waals surface area contributed by atoms with E-state index in [1.165, 1.54) is 12.8 Å². The molecule has 0 N–H and O–H groups in total. The van der Waals surface area contributed by atoms with E-state index < -0.39 is 8.07 Å². The van der Waals surface area contributed by atoms with Crippen LogP contribution in [0.2, 0.25) is 25.2 Å². The lowest BCUT2D eigenvalue weighted by Gasteiger charge is -2.30. The Hall–Kier alpha value is -0.0431. The smallest absolute Gasteiger partial charge is 0.0479 e. The van der Waals surface area contributed by atoms with Gasteiger partial charge in [-0.3, -0.25) is 0 Å². The second-order valence-corrected chi connectivity index (χ2v) is 10.7. The Kier molecular flexibility index (Phi) is 1.54. The Morgan fingerprint density at radius 3 is 2.09 bits per heavy atom. The molecule has 1 heteroatoms. The van der Waals surface area contributed by atoms with Gasteiger partial charge in [0.15, 0.2) is 0 Å². The predicted molar refractivity (Wildman–Crippen MR) is 52.5 cm³/mol. The molecule has 0 unspecified atom stereocenters. The van der Waals surface area contributed by atoms with Gasteiger partial charge in [-0.05, 0) is 30.2 Å².